The number of hydrogen-bond acceptors (Lipinski definition) is 3. The van der Waals surface area contributed by atoms with Crippen LogP contribution in [0.15, 0.2) is 17.3 Å². The molecule has 0 aromatic carbocycles. The molecule has 2 rings (SSSR count). The highest BCUT2D eigenvalue weighted by Gasteiger charge is 2.17. The van der Waals surface area contributed by atoms with Gasteiger partial charge in [0.2, 0.25) is 0 Å². The summed E-state index contributed by atoms with van der Waals surface area (Å²) < 4.78 is 15.5. The number of hydrogen-bond donors (Lipinski definition) is 0. The van der Waals surface area contributed by atoms with Crippen LogP contribution in [-0.2, 0) is 7.05 Å². The van der Waals surface area contributed by atoms with Gasteiger partial charge in [-0.2, -0.15) is 5.10 Å². The number of nitrogens with zero attached hydrogens (tertiary/aromatic N) is 3. The molecule has 0 bridgehead atoms. The van der Waals surface area contributed by atoms with Crippen LogP contribution in [0, 0.1) is 12.7 Å². The van der Waals surface area contributed by atoms with Crippen molar-refractivity contribution in [2.24, 2.45) is 7.05 Å². The molecule has 0 fully saturated rings. The Labute approximate surface area is 108 Å². The number of thioether (sulfide) groups is 1. The molecule has 6 heteroatoms. The predicted octanol–water partition coefficient (Wildman–Crippen LogP) is 3.30. The van der Waals surface area contributed by atoms with Crippen molar-refractivity contribution in [3.8, 4) is 11.4 Å². The van der Waals surface area contributed by atoms with Crippen LogP contribution >= 0.6 is 23.4 Å². The lowest BCUT2D eigenvalue weighted by atomic mass is 10.2. The van der Waals surface area contributed by atoms with Gasteiger partial charge >= 0.3 is 0 Å². The van der Waals surface area contributed by atoms with Crippen molar-refractivity contribution in [3.63, 3.8) is 0 Å². The van der Waals surface area contributed by atoms with E-state index in [1.54, 1.807) is 16.4 Å². The number of aromatic nitrogens is 3. The molecule has 0 atom stereocenters. The molecule has 0 spiro atoms. The fourth-order valence-electron chi connectivity index (χ4n) is 1.71. The van der Waals surface area contributed by atoms with Gasteiger partial charge in [-0.25, -0.2) is 9.37 Å². The van der Waals surface area contributed by atoms with Crippen LogP contribution in [0.4, 0.5) is 4.39 Å². The van der Waals surface area contributed by atoms with E-state index >= 15 is 0 Å². The van der Waals surface area contributed by atoms with E-state index in [9.17, 15) is 4.39 Å². The molecule has 0 N–H and O–H groups in total. The van der Waals surface area contributed by atoms with E-state index in [-0.39, 0.29) is 10.7 Å². The van der Waals surface area contributed by atoms with Gasteiger partial charge in [0.15, 0.2) is 5.82 Å². The SMILES string of the molecule is CSc1c(C)c(-c2ncc(Cl)cc2F)nn1C. The molecule has 0 aliphatic rings. The Balaban J connectivity index is 2.61. The number of pyridine rings is 1. The number of halogens is 2. The van der Waals surface area contributed by atoms with Gasteiger partial charge in [0.05, 0.1) is 10.0 Å². The first-order valence-corrected chi connectivity index (χ1v) is 6.54. The molecule has 17 heavy (non-hydrogen) atoms. The van der Waals surface area contributed by atoms with E-state index in [1.807, 2.05) is 20.2 Å². The molecular formula is C11H11ClFN3S. The lowest BCUT2D eigenvalue weighted by Crippen LogP contribution is -1.94. The summed E-state index contributed by atoms with van der Waals surface area (Å²) >= 11 is 7.25. The van der Waals surface area contributed by atoms with Crippen molar-refractivity contribution in [2.45, 2.75) is 11.9 Å². The van der Waals surface area contributed by atoms with Gasteiger partial charge in [-0.05, 0) is 19.2 Å². The predicted molar refractivity (Wildman–Crippen MR) is 67.9 cm³/mol. The van der Waals surface area contributed by atoms with Gasteiger partial charge < -0.3 is 0 Å². The molecule has 0 amide bonds. The fraction of sp³-hybridized carbons (Fsp3) is 0.273. The van der Waals surface area contributed by atoms with Crippen LogP contribution in [0.25, 0.3) is 11.4 Å². The minimum Gasteiger partial charge on any atom is -0.261 e. The third-order valence-electron chi connectivity index (χ3n) is 2.45. The van der Waals surface area contributed by atoms with E-state index in [0.717, 1.165) is 10.6 Å². The molecule has 2 aromatic heterocycles. The van der Waals surface area contributed by atoms with E-state index in [2.05, 4.69) is 10.1 Å². The van der Waals surface area contributed by atoms with Crippen LogP contribution < -0.4 is 0 Å². The van der Waals surface area contributed by atoms with Gasteiger partial charge in [-0.3, -0.25) is 4.68 Å². The third-order valence-corrected chi connectivity index (χ3v) is 3.61. The second kappa shape index (κ2) is 4.66. The van der Waals surface area contributed by atoms with Crippen LogP contribution in [-0.4, -0.2) is 21.0 Å². The zero-order chi connectivity index (χ0) is 12.6. The van der Waals surface area contributed by atoms with Crippen LogP contribution in [0.1, 0.15) is 5.56 Å². The smallest absolute Gasteiger partial charge is 0.152 e. The van der Waals surface area contributed by atoms with Gasteiger partial charge in [-0.15, -0.1) is 11.8 Å². The van der Waals surface area contributed by atoms with Crippen molar-refractivity contribution >= 4 is 23.4 Å². The van der Waals surface area contributed by atoms with Crippen LogP contribution in [0.3, 0.4) is 0 Å². The molecule has 0 aliphatic heterocycles. The lowest BCUT2D eigenvalue weighted by Gasteiger charge is -2.00. The number of aryl methyl sites for hydroxylation is 1. The van der Waals surface area contributed by atoms with E-state index in [0.29, 0.717) is 5.69 Å². The first kappa shape index (κ1) is 12.4. The first-order valence-electron chi connectivity index (χ1n) is 4.93. The Hall–Kier alpha value is -1.07. The summed E-state index contributed by atoms with van der Waals surface area (Å²) in [6.07, 6.45) is 3.38. The van der Waals surface area contributed by atoms with E-state index < -0.39 is 5.82 Å². The third kappa shape index (κ3) is 2.17. The Morgan fingerprint density at radius 2 is 2.12 bits per heavy atom. The van der Waals surface area contributed by atoms with Crippen molar-refractivity contribution in [2.75, 3.05) is 6.26 Å². The summed E-state index contributed by atoms with van der Waals surface area (Å²) in [5, 5.41) is 5.57. The fourth-order valence-corrected chi connectivity index (χ4v) is 2.57. The highest BCUT2D eigenvalue weighted by Crippen LogP contribution is 2.30. The summed E-state index contributed by atoms with van der Waals surface area (Å²) in [4.78, 5) is 4.01. The summed E-state index contributed by atoms with van der Waals surface area (Å²) in [6, 6.07) is 1.25. The Bertz CT molecular complexity index is 568. The molecule has 3 nitrogen and oxygen atoms in total. The highest BCUT2D eigenvalue weighted by molar-refractivity contribution is 7.98. The highest BCUT2D eigenvalue weighted by atomic mass is 35.5. The average molecular weight is 272 g/mol. The zero-order valence-corrected chi connectivity index (χ0v) is 11.2. The molecular weight excluding hydrogens is 261 g/mol. The second-order valence-electron chi connectivity index (χ2n) is 3.59. The maximum Gasteiger partial charge on any atom is 0.152 e. The van der Waals surface area contributed by atoms with Crippen molar-refractivity contribution in [1.29, 1.82) is 0 Å². The van der Waals surface area contributed by atoms with Crippen molar-refractivity contribution in [1.82, 2.24) is 14.8 Å². The van der Waals surface area contributed by atoms with E-state index in [1.165, 1.54) is 12.3 Å². The van der Waals surface area contributed by atoms with Gasteiger partial charge in [0.1, 0.15) is 11.4 Å². The first-order chi connectivity index (χ1) is 8.04. The maximum atomic E-state index is 13.8. The summed E-state index contributed by atoms with van der Waals surface area (Å²) in [5.41, 5.74) is 1.72. The number of rotatable bonds is 2. The largest absolute Gasteiger partial charge is 0.261 e. The molecule has 0 aliphatic carbocycles. The van der Waals surface area contributed by atoms with Gasteiger partial charge in [0, 0.05) is 18.8 Å². The van der Waals surface area contributed by atoms with E-state index in [4.69, 9.17) is 11.6 Å². The quantitative estimate of drug-likeness (QED) is 0.785. The second-order valence-corrected chi connectivity index (χ2v) is 4.82. The Kier molecular flexibility index (Phi) is 3.40. The molecule has 0 saturated heterocycles. The molecule has 0 radical (unpaired) electrons. The van der Waals surface area contributed by atoms with Crippen molar-refractivity contribution < 1.29 is 4.39 Å². The molecule has 0 saturated carbocycles. The maximum absolute atomic E-state index is 13.8. The minimum absolute atomic E-state index is 0.239. The van der Waals surface area contributed by atoms with Crippen LogP contribution in [0.5, 0.6) is 0 Å². The summed E-state index contributed by atoms with van der Waals surface area (Å²) in [5.74, 6) is -0.452. The topological polar surface area (TPSA) is 30.7 Å². The zero-order valence-electron chi connectivity index (χ0n) is 9.66. The van der Waals surface area contributed by atoms with Crippen LogP contribution in [0.2, 0.25) is 5.02 Å². The molecule has 0 unspecified atom stereocenters. The summed E-state index contributed by atoms with van der Waals surface area (Å²) in [7, 11) is 1.83. The van der Waals surface area contributed by atoms with Gasteiger partial charge in [-0.1, -0.05) is 11.6 Å². The molecule has 2 aromatic rings. The molecule has 2 heterocycles. The van der Waals surface area contributed by atoms with Gasteiger partial charge in [0.25, 0.3) is 0 Å². The average Bonchev–Trinajstić information content (AvgIpc) is 2.54. The Morgan fingerprint density at radius 3 is 2.65 bits per heavy atom. The standard InChI is InChI=1S/C11H11ClFN3S/c1-6-9(15-16(2)11(6)17-3)10-8(13)4-7(12)5-14-10/h4-5H,1-3H3. The monoisotopic (exact) mass is 271 g/mol. The molecule has 90 valence electrons. The van der Waals surface area contributed by atoms with Crippen molar-refractivity contribution in [3.05, 3.63) is 28.7 Å². The normalized spacial score (nSPS) is 10.9. The Morgan fingerprint density at radius 1 is 1.41 bits per heavy atom. The lowest BCUT2D eigenvalue weighted by molar-refractivity contribution is 0.623. The summed E-state index contributed by atoms with van der Waals surface area (Å²) in [6.45, 7) is 1.91. The minimum atomic E-state index is -0.452.